The molecule has 7 heteroatoms. The van der Waals surface area contributed by atoms with Crippen LogP contribution in [0, 0.1) is 0 Å². The number of hydrogen-bond donors (Lipinski definition) is 2. The molecule has 0 radical (unpaired) electrons. The molecule has 0 saturated carbocycles. The van der Waals surface area contributed by atoms with E-state index in [-0.39, 0.29) is 19.4 Å². The molecule has 0 unspecified atom stereocenters. The van der Waals surface area contributed by atoms with Crippen molar-refractivity contribution in [1.29, 1.82) is 0 Å². The van der Waals surface area contributed by atoms with Gasteiger partial charge in [0.05, 0.1) is 5.57 Å². The van der Waals surface area contributed by atoms with E-state index in [0.717, 1.165) is 10.0 Å². The molecule has 2 heterocycles. The first-order chi connectivity index (χ1) is 11.0. The molecule has 2 N–H and O–H groups in total. The highest BCUT2D eigenvalue weighted by atomic mass is 79.9. The van der Waals surface area contributed by atoms with Crippen LogP contribution in [0.25, 0.3) is 6.08 Å². The van der Waals surface area contributed by atoms with E-state index >= 15 is 0 Å². The minimum atomic E-state index is -1.27. The normalized spacial score (nSPS) is 19.1. The summed E-state index contributed by atoms with van der Waals surface area (Å²) in [5, 5.41) is 12.2. The molecule has 3 rings (SSSR count). The number of carbonyl (C=O) groups excluding carboxylic acids is 1. The summed E-state index contributed by atoms with van der Waals surface area (Å²) in [5.74, 6) is -0.752. The molecule has 2 aliphatic rings. The topological polar surface area (TPSA) is 84.9 Å². The zero-order valence-corrected chi connectivity index (χ0v) is 13.9. The molecule has 1 amide bonds. The molecule has 0 spiro atoms. The molecule has 122 valence electrons. The number of rotatable bonds is 3. The van der Waals surface area contributed by atoms with Gasteiger partial charge in [0.2, 0.25) is 0 Å². The molecule has 1 aromatic rings. The number of carboxylic acids is 1. The molecule has 6 nitrogen and oxygen atoms in total. The van der Waals surface area contributed by atoms with Crippen molar-refractivity contribution in [3.63, 3.8) is 0 Å². The van der Waals surface area contributed by atoms with E-state index in [9.17, 15) is 14.7 Å². The monoisotopic (exact) mass is 381 g/mol. The number of halogens is 1. The van der Waals surface area contributed by atoms with Crippen LogP contribution in [-0.4, -0.2) is 42.3 Å². The highest BCUT2D eigenvalue weighted by molar-refractivity contribution is 9.10. The molecule has 0 aromatic heterocycles. The maximum absolute atomic E-state index is 12.5. The quantitative estimate of drug-likeness (QED) is 0.835. The first kappa shape index (κ1) is 16.0. The van der Waals surface area contributed by atoms with Crippen molar-refractivity contribution in [2.24, 2.45) is 0 Å². The Morgan fingerprint density at radius 1 is 1.26 bits per heavy atom. The number of aliphatic carboxylic acids is 1. The third-order valence-electron chi connectivity index (χ3n) is 4.08. The van der Waals surface area contributed by atoms with E-state index in [1.54, 1.807) is 6.08 Å². The smallest absolute Gasteiger partial charge is 0.329 e. The number of ether oxygens (including phenoxy) is 2. The summed E-state index contributed by atoms with van der Waals surface area (Å²) in [6.07, 6.45) is 2.24. The number of nitrogens with one attached hydrogen (secondary N) is 1. The first-order valence-electron chi connectivity index (χ1n) is 7.27. The molecule has 23 heavy (non-hydrogen) atoms. The van der Waals surface area contributed by atoms with Crippen LogP contribution < -0.4 is 10.1 Å². The summed E-state index contributed by atoms with van der Waals surface area (Å²) in [4.78, 5) is 24.1. The van der Waals surface area contributed by atoms with Gasteiger partial charge in [0.15, 0.2) is 0 Å². The van der Waals surface area contributed by atoms with E-state index in [2.05, 4.69) is 21.2 Å². The van der Waals surface area contributed by atoms with Gasteiger partial charge in [-0.1, -0.05) is 15.9 Å². The molecule has 0 aliphatic carbocycles. The van der Waals surface area contributed by atoms with Crippen molar-refractivity contribution in [2.45, 2.75) is 18.4 Å². The predicted molar refractivity (Wildman–Crippen MR) is 86.2 cm³/mol. The van der Waals surface area contributed by atoms with Gasteiger partial charge in [0.25, 0.3) is 5.91 Å². The van der Waals surface area contributed by atoms with Crippen LogP contribution >= 0.6 is 15.9 Å². The van der Waals surface area contributed by atoms with E-state index < -0.39 is 17.4 Å². The van der Waals surface area contributed by atoms with Crippen LogP contribution in [-0.2, 0) is 14.3 Å². The Hall–Kier alpha value is -1.86. The van der Waals surface area contributed by atoms with E-state index in [4.69, 9.17) is 9.47 Å². The fourth-order valence-electron chi connectivity index (χ4n) is 2.69. The molecular weight excluding hydrogens is 366 g/mol. The van der Waals surface area contributed by atoms with E-state index in [1.165, 1.54) is 0 Å². The lowest BCUT2D eigenvalue weighted by atomic mass is 9.89. The summed E-state index contributed by atoms with van der Waals surface area (Å²) < 4.78 is 11.7. The van der Waals surface area contributed by atoms with Crippen LogP contribution in [0.1, 0.15) is 18.4 Å². The number of carboxylic acid groups (broad SMARTS) is 1. The van der Waals surface area contributed by atoms with Crippen molar-refractivity contribution in [1.82, 2.24) is 5.32 Å². The average molecular weight is 382 g/mol. The first-order valence-corrected chi connectivity index (χ1v) is 8.06. The Morgan fingerprint density at radius 3 is 2.70 bits per heavy atom. The molecule has 1 aromatic carbocycles. The zero-order chi connectivity index (χ0) is 16.4. The molecule has 0 atom stereocenters. The molecule has 2 aliphatic heterocycles. The molecule has 0 bridgehead atoms. The summed E-state index contributed by atoms with van der Waals surface area (Å²) in [7, 11) is 0. The highest BCUT2D eigenvalue weighted by Gasteiger charge is 2.42. The van der Waals surface area contributed by atoms with Gasteiger partial charge in [0.1, 0.15) is 17.9 Å². The van der Waals surface area contributed by atoms with E-state index in [1.807, 2.05) is 18.2 Å². The van der Waals surface area contributed by atoms with Crippen molar-refractivity contribution in [2.75, 3.05) is 19.8 Å². The second-order valence-corrected chi connectivity index (χ2v) is 6.51. The zero-order valence-electron chi connectivity index (χ0n) is 12.3. The van der Waals surface area contributed by atoms with Crippen molar-refractivity contribution < 1.29 is 24.2 Å². The lowest BCUT2D eigenvalue weighted by molar-refractivity contribution is -0.151. The number of fused-ring (bicyclic) bond motifs is 1. The van der Waals surface area contributed by atoms with Crippen molar-refractivity contribution >= 4 is 33.9 Å². The molecule has 1 saturated heterocycles. The minimum absolute atomic E-state index is 0.118. The number of benzene rings is 1. The van der Waals surface area contributed by atoms with Crippen LogP contribution in [0.5, 0.6) is 5.75 Å². The lowest BCUT2D eigenvalue weighted by Crippen LogP contribution is -2.58. The summed E-state index contributed by atoms with van der Waals surface area (Å²) in [6, 6.07) is 5.53. The summed E-state index contributed by atoms with van der Waals surface area (Å²) in [5.41, 5.74) is -0.0804. The minimum Gasteiger partial charge on any atom is -0.488 e. The predicted octanol–water partition coefficient (Wildman–Crippen LogP) is 1.97. The number of amides is 1. The highest BCUT2D eigenvalue weighted by Crippen LogP contribution is 2.30. The van der Waals surface area contributed by atoms with Crippen LogP contribution in [0.15, 0.2) is 28.2 Å². The Morgan fingerprint density at radius 2 is 2.00 bits per heavy atom. The number of carbonyl (C=O) groups is 2. The summed E-state index contributed by atoms with van der Waals surface area (Å²) >= 11 is 3.38. The van der Waals surface area contributed by atoms with E-state index in [0.29, 0.717) is 24.5 Å². The average Bonchev–Trinajstić information content (AvgIpc) is 2.54. The third-order valence-corrected chi connectivity index (χ3v) is 4.58. The number of hydrogen-bond acceptors (Lipinski definition) is 4. The lowest BCUT2D eigenvalue weighted by Gasteiger charge is -2.34. The van der Waals surface area contributed by atoms with Crippen LogP contribution in [0.4, 0.5) is 0 Å². The van der Waals surface area contributed by atoms with Gasteiger partial charge in [-0.15, -0.1) is 0 Å². The van der Waals surface area contributed by atoms with Crippen molar-refractivity contribution in [3.05, 3.63) is 33.8 Å². The van der Waals surface area contributed by atoms with Gasteiger partial charge in [-0.3, -0.25) is 4.79 Å². The Balaban J connectivity index is 1.82. The maximum Gasteiger partial charge on any atom is 0.329 e. The Kier molecular flexibility index (Phi) is 4.41. The van der Waals surface area contributed by atoms with Gasteiger partial charge in [-0.2, -0.15) is 0 Å². The maximum atomic E-state index is 12.5. The fraction of sp³-hybridized carbons (Fsp3) is 0.375. The molecule has 1 fully saturated rings. The van der Waals surface area contributed by atoms with Gasteiger partial charge in [-0.05, 0) is 24.3 Å². The van der Waals surface area contributed by atoms with Gasteiger partial charge in [-0.25, -0.2) is 4.79 Å². The van der Waals surface area contributed by atoms with Crippen LogP contribution in [0.2, 0.25) is 0 Å². The Labute approximate surface area is 141 Å². The SMILES string of the molecule is O=C(NC1(C(=O)O)CCOCC1)C1=Cc2cc(Br)ccc2OC1. The van der Waals surface area contributed by atoms with Crippen LogP contribution in [0.3, 0.4) is 0 Å². The van der Waals surface area contributed by atoms with Gasteiger partial charge >= 0.3 is 5.97 Å². The molecular formula is C16H16BrNO5. The van der Waals surface area contributed by atoms with Gasteiger partial charge in [0, 0.05) is 36.1 Å². The summed E-state index contributed by atoms with van der Waals surface area (Å²) in [6.45, 7) is 0.752. The Bertz CT molecular complexity index is 679. The second kappa shape index (κ2) is 6.33. The van der Waals surface area contributed by atoms with Crippen molar-refractivity contribution in [3.8, 4) is 5.75 Å². The largest absolute Gasteiger partial charge is 0.488 e. The third kappa shape index (κ3) is 3.25. The second-order valence-electron chi connectivity index (χ2n) is 5.59. The fourth-order valence-corrected chi connectivity index (χ4v) is 3.07. The van der Waals surface area contributed by atoms with Gasteiger partial charge < -0.3 is 19.9 Å². The standard InChI is InChI=1S/C16H16BrNO5/c17-12-1-2-13-10(8-12)7-11(9-23-13)14(19)18-16(15(20)21)3-5-22-6-4-16/h1-2,7-8H,3-6,9H2,(H,18,19)(H,20,21).